The monoisotopic (exact) mass is 316 g/mol. The first-order valence-electron chi connectivity index (χ1n) is 8.82. The van der Waals surface area contributed by atoms with Crippen LogP contribution in [0.15, 0.2) is 23.8 Å². The molecule has 0 aromatic heterocycles. The molecule has 0 N–H and O–H groups in total. The Morgan fingerprint density at radius 1 is 1.26 bits per heavy atom. The molecule has 3 aliphatic rings. The van der Waals surface area contributed by atoms with E-state index in [9.17, 15) is 9.59 Å². The number of fused-ring (bicyclic) bond motifs is 1. The fourth-order valence-corrected chi connectivity index (χ4v) is 5.40. The smallest absolute Gasteiger partial charge is 0.331 e. The summed E-state index contributed by atoms with van der Waals surface area (Å²) in [5.74, 6) is 1.08. The molecule has 0 bridgehead atoms. The molecule has 0 unspecified atom stereocenters. The molecule has 3 nitrogen and oxygen atoms in total. The first-order chi connectivity index (χ1) is 10.7. The van der Waals surface area contributed by atoms with Gasteiger partial charge in [0.25, 0.3) is 0 Å². The van der Waals surface area contributed by atoms with Crippen LogP contribution in [0.1, 0.15) is 59.3 Å². The van der Waals surface area contributed by atoms with E-state index in [1.54, 1.807) is 6.08 Å². The number of hydrogen-bond acceptors (Lipinski definition) is 3. The average molecular weight is 316 g/mol. The maximum absolute atomic E-state index is 12.4. The summed E-state index contributed by atoms with van der Waals surface area (Å²) in [6.07, 6.45) is 7.31. The second-order valence-electron chi connectivity index (χ2n) is 8.40. The normalized spacial score (nSPS) is 36.5. The molecule has 1 heterocycles. The van der Waals surface area contributed by atoms with Crippen LogP contribution in [0, 0.1) is 22.7 Å². The van der Waals surface area contributed by atoms with Crippen LogP contribution >= 0.6 is 0 Å². The van der Waals surface area contributed by atoms with E-state index in [1.165, 1.54) is 5.57 Å². The van der Waals surface area contributed by atoms with E-state index in [2.05, 4.69) is 27.4 Å². The highest BCUT2D eigenvalue weighted by Crippen LogP contribution is 2.60. The number of carbonyl (C=O) groups is 2. The maximum Gasteiger partial charge on any atom is 0.331 e. The Balaban J connectivity index is 1.80. The Morgan fingerprint density at radius 2 is 2.00 bits per heavy atom. The van der Waals surface area contributed by atoms with Gasteiger partial charge in [0.1, 0.15) is 12.4 Å². The molecule has 3 heteroatoms. The summed E-state index contributed by atoms with van der Waals surface area (Å²) in [5.41, 5.74) is 2.36. The molecule has 0 saturated heterocycles. The van der Waals surface area contributed by atoms with Crippen molar-refractivity contribution in [2.75, 3.05) is 6.61 Å². The van der Waals surface area contributed by atoms with Gasteiger partial charge in [-0.3, -0.25) is 4.79 Å². The molecule has 0 spiro atoms. The minimum Gasteiger partial charge on any atom is -0.458 e. The van der Waals surface area contributed by atoms with E-state index < -0.39 is 0 Å². The van der Waals surface area contributed by atoms with Crippen molar-refractivity contribution >= 4 is 11.8 Å². The van der Waals surface area contributed by atoms with Crippen LogP contribution in [-0.2, 0) is 14.3 Å². The molecule has 23 heavy (non-hydrogen) atoms. The largest absolute Gasteiger partial charge is 0.458 e. The molecule has 0 radical (unpaired) electrons. The van der Waals surface area contributed by atoms with Crippen LogP contribution in [-0.4, -0.2) is 18.4 Å². The summed E-state index contributed by atoms with van der Waals surface area (Å²) in [7, 11) is 0. The molecule has 2 fully saturated rings. The Hall–Kier alpha value is -1.38. The number of esters is 1. The Labute approximate surface area is 139 Å². The van der Waals surface area contributed by atoms with Gasteiger partial charge in [0.05, 0.1) is 0 Å². The molecule has 2 aliphatic carbocycles. The van der Waals surface area contributed by atoms with Crippen molar-refractivity contribution in [3.63, 3.8) is 0 Å². The van der Waals surface area contributed by atoms with Crippen LogP contribution < -0.4 is 0 Å². The summed E-state index contributed by atoms with van der Waals surface area (Å²) >= 11 is 0. The van der Waals surface area contributed by atoms with Gasteiger partial charge in [-0.05, 0) is 54.9 Å². The van der Waals surface area contributed by atoms with Gasteiger partial charge in [0, 0.05) is 17.9 Å². The minimum absolute atomic E-state index is 0.150. The van der Waals surface area contributed by atoms with Crippen molar-refractivity contribution < 1.29 is 14.3 Å². The topological polar surface area (TPSA) is 43.4 Å². The van der Waals surface area contributed by atoms with E-state index in [1.807, 2.05) is 0 Å². The standard InChI is InChI=1S/C20H28O3/c1-13-5-8-16-19(2,3)17(21)9-10-20(16,4)15(13)7-6-14-11-18(22)23-12-14/h11,15-16H,1,5-10,12H2,2-4H3/t15-,16-,20+/m1/s1. The number of cyclic esters (lactones) is 1. The van der Waals surface area contributed by atoms with E-state index in [4.69, 9.17) is 4.74 Å². The van der Waals surface area contributed by atoms with Crippen LogP contribution in [0.5, 0.6) is 0 Å². The van der Waals surface area contributed by atoms with Crippen LogP contribution in [0.4, 0.5) is 0 Å². The van der Waals surface area contributed by atoms with Gasteiger partial charge < -0.3 is 4.74 Å². The predicted molar refractivity (Wildman–Crippen MR) is 89.8 cm³/mol. The van der Waals surface area contributed by atoms with Crippen molar-refractivity contribution in [2.45, 2.75) is 59.3 Å². The quantitative estimate of drug-likeness (QED) is 0.578. The number of Topliss-reactive ketones (excluding diaryl/α,β-unsaturated/α-hetero) is 1. The molecule has 2 saturated carbocycles. The second-order valence-corrected chi connectivity index (χ2v) is 8.40. The zero-order valence-electron chi connectivity index (χ0n) is 14.6. The highest BCUT2D eigenvalue weighted by molar-refractivity contribution is 5.86. The van der Waals surface area contributed by atoms with Crippen LogP contribution in [0.3, 0.4) is 0 Å². The maximum atomic E-state index is 12.4. The molecular formula is C20H28O3. The van der Waals surface area contributed by atoms with E-state index >= 15 is 0 Å². The molecule has 0 aromatic rings. The number of ketones is 1. The van der Waals surface area contributed by atoms with Gasteiger partial charge in [-0.15, -0.1) is 0 Å². The lowest BCUT2D eigenvalue weighted by Crippen LogP contribution is -2.53. The Kier molecular flexibility index (Phi) is 4.02. The number of carbonyl (C=O) groups excluding carboxylic acids is 2. The Bertz CT molecular complexity index is 584. The van der Waals surface area contributed by atoms with Crippen molar-refractivity contribution in [1.82, 2.24) is 0 Å². The second kappa shape index (κ2) is 5.61. The number of ether oxygens (including phenoxy) is 1. The molecule has 126 valence electrons. The van der Waals surface area contributed by atoms with Gasteiger partial charge in [-0.2, -0.15) is 0 Å². The summed E-state index contributed by atoms with van der Waals surface area (Å²) in [6.45, 7) is 11.4. The molecule has 0 amide bonds. The third kappa shape index (κ3) is 2.68. The lowest BCUT2D eigenvalue weighted by atomic mass is 9.47. The van der Waals surface area contributed by atoms with E-state index in [0.29, 0.717) is 30.6 Å². The SMILES string of the molecule is C=C1CC[C@@H]2C(C)(C)C(=O)CC[C@@]2(C)[C@@H]1CCC1=CC(=O)OC1. The fourth-order valence-electron chi connectivity index (χ4n) is 5.40. The lowest BCUT2D eigenvalue weighted by molar-refractivity contribution is -0.144. The van der Waals surface area contributed by atoms with E-state index in [0.717, 1.165) is 37.7 Å². The average Bonchev–Trinajstić information content (AvgIpc) is 2.88. The molecule has 3 rings (SSSR count). The minimum atomic E-state index is -0.225. The summed E-state index contributed by atoms with van der Waals surface area (Å²) in [4.78, 5) is 23.6. The van der Waals surface area contributed by atoms with Gasteiger partial charge in [0.15, 0.2) is 0 Å². The first kappa shape index (κ1) is 16.5. The lowest BCUT2D eigenvalue weighted by Gasteiger charge is -2.57. The molecule has 0 aromatic carbocycles. The van der Waals surface area contributed by atoms with Crippen molar-refractivity contribution in [3.8, 4) is 0 Å². The summed E-state index contributed by atoms with van der Waals surface area (Å²) in [6, 6.07) is 0. The van der Waals surface area contributed by atoms with Crippen molar-refractivity contribution in [2.24, 2.45) is 22.7 Å². The highest BCUT2D eigenvalue weighted by Gasteiger charge is 2.55. The molecule has 3 atom stereocenters. The van der Waals surface area contributed by atoms with Gasteiger partial charge >= 0.3 is 5.97 Å². The first-order valence-corrected chi connectivity index (χ1v) is 8.82. The van der Waals surface area contributed by atoms with Gasteiger partial charge in [-0.25, -0.2) is 4.79 Å². The zero-order chi connectivity index (χ0) is 16.8. The zero-order valence-corrected chi connectivity index (χ0v) is 14.6. The molecule has 1 aliphatic heterocycles. The Morgan fingerprint density at radius 3 is 2.65 bits per heavy atom. The number of rotatable bonds is 3. The third-order valence-corrected chi connectivity index (χ3v) is 6.80. The summed E-state index contributed by atoms with van der Waals surface area (Å²) < 4.78 is 5.01. The van der Waals surface area contributed by atoms with E-state index in [-0.39, 0.29) is 16.8 Å². The number of allylic oxidation sites excluding steroid dienone is 1. The van der Waals surface area contributed by atoms with Crippen LogP contribution in [0.2, 0.25) is 0 Å². The van der Waals surface area contributed by atoms with Crippen molar-refractivity contribution in [1.29, 1.82) is 0 Å². The third-order valence-electron chi connectivity index (χ3n) is 6.80. The predicted octanol–water partition coefficient (Wildman–Crippen LogP) is 4.23. The molecular weight excluding hydrogens is 288 g/mol. The highest BCUT2D eigenvalue weighted by atomic mass is 16.5. The summed E-state index contributed by atoms with van der Waals surface area (Å²) in [5, 5.41) is 0. The van der Waals surface area contributed by atoms with Crippen LogP contribution in [0.25, 0.3) is 0 Å². The van der Waals surface area contributed by atoms with Gasteiger partial charge in [-0.1, -0.05) is 32.9 Å². The van der Waals surface area contributed by atoms with Gasteiger partial charge in [0.2, 0.25) is 0 Å². The fraction of sp³-hybridized carbons (Fsp3) is 0.700. The van der Waals surface area contributed by atoms with Crippen molar-refractivity contribution in [3.05, 3.63) is 23.8 Å². The number of hydrogen-bond donors (Lipinski definition) is 0.